The molecule has 2 fully saturated rings. The van der Waals surface area contributed by atoms with Crippen molar-refractivity contribution in [1.82, 2.24) is 29.5 Å². The summed E-state index contributed by atoms with van der Waals surface area (Å²) in [7, 11) is -2.55. The SMILES string of the molecule is Cc1cnc(-c2ccc(-c3cnn4c(N(COCC[Si](C)(C)C)COCC[Si](C)(C)C)cc([C@@H]5C[C@H]6CC[C@@H](C5)N6C(=O)OC(C)(C)C)nc34)cn2)s1. The molecule has 2 aliphatic heterocycles. The number of hydrogen-bond acceptors (Lipinski definition) is 10. The Morgan fingerprint density at radius 3 is 2.09 bits per heavy atom. The highest BCUT2D eigenvalue weighted by molar-refractivity contribution is 7.14. The van der Waals surface area contributed by atoms with Gasteiger partial charge in [-0.3, -0.25) is 4.98 Å². The monoisotopic (exact) mass is 777 g/mol. The van der Waals surface area contributed by atoms with E-state index in [9.17, 15) is 4.79 Å². The first kappa shape index (κ1) is 39.5. The summed E-state index contributed by atoms with van der Waals surface area (Å²) in [5.41, 5.74) is 3.95. The van der Waals surface area contributed by atoms with Gasteiger partial charge in [-0.1, -0.05) is 45.3 Å². The van der Waals surface area contributed by atoms with Crippen LogP contribution in [0.5, 0.6) is 0 Å². The van der Waals surface area contributed by atoms with Crippen molar-refractivity contribution >= 4 is 45.0 Å². The second-order valence-corrected chi connectivity index (χ2v) is 30.7. The lowest BCUT2D eigenvalue weighted by molar-refractivity contribution is 0.00569. The Morgan fingerprint density at radius 1 is 0.925 bits per heavy atom. The Hall–Kier alpha value is -3.18. The molecular weight excluding hydrogens is 719 g/mol. The number of anilines is 1. The Labute approximate surface area is 321 Å². The van der Waals surface area contributed by atoms with Crippen LogP contribution >= 0.6 is 11.3 Å². The molecule has 14 heteroatoms. The van der Waals surface area contributed by atoms with Crippen LogP contribution in [0.15, 0.2) is 36.8 Å². The Balaban J connectivity index is 1.36. The molecule has 0 aromatic carbocycles. The molecule has 0 N–H and O–H groups in total. The number of fused-ring (bicyclic) bond motifs is 3. The van der Waals surface area contributed by atoms with Gasteiger partial charge in [0.25, 0.3) is 0 Å². The molecule has 288 valence electrons. The first-order valence-electron chi connectivity index (χ1n) is 19.1. The van der Waals surface area contributed by atoms with Crippen molar-refractivity contribution in [1.29, 1.82) is 0 Å². The van der Waals surface area contributed by atoms with E-state index >= 15 is 0 Å². The van der Waals surface area contributed by atoms with Gasteiger partial charge in [-0.05, 0) is 71.5 Å². The lowest BCUT2D eigenvalue weighted by Gasteiger charge is -2.39. The maximum atomic E-state index is 13.3. The largest absolute Gasteiger partial charge is 0.444 e. The third-order valence-electron chi connectivity index (χ3n) is 9.95. The molecule has 0 radical (unpaired) electrons. The maximum Gasteiger partial charge on any atom is 0.410 e. The first-order chi connectivity index (χ1) is 24.9. The van der Waals surface area contributed by atoms with Gasteiger partial charge in [0.05, 0.1) is 11.9 Å². The summed E-state index contributed by atoms with van der Waals surface area (Å²) in [6.07, 6.45) is 9.10. The lowest BCUT2D eigenvalue weighted by Crippen LogP contribution is -2.48. The normalized spacial score (nSPS) is 19.3. The maximum absolute atomic E-state index is 13.3. The van der Waals surface area contributed by atoms with Crippen molar-refractivity contribution in [2.24, 2.45) is 0 Å². The topological polar surface area (TPSA) is 107 Å². The van der Waals surface area contributed by atoms with E-state index in [1.54, 1.807) is 11.3 Å². The molecule has 4 aromatic heterocycles. The molecule has 0 unspecified atom stereocenters. The number of carbonyl (C=O) groups is 1. The van der Waals surface area contributed by atoms with Crippen LogP contribution in [0.25, 0.3) is 27.5 Å². The number of piperidine rings is 1. The quantitative estimate of drug-likeness (QED) is 0.0704. The van der Waals surface area contributed by atoms with Crippen LogP contribution in [-0.4, -0.2) is 96.1 Å². The molecule has 2 aliphatic rings. The molecule has 53 heavy (non-hydrogen) atoms. The summed E-state index contributed by atoms with van der Waals surface area (Å²) >= 11 is 1.64. The van der Waals surface area contributed by atoms with Crippen LogP contribution in [0, 0.1) is 6.92 Å². The van der Waals surface area contributed by atoms with Gasteiger partial charge in [0.15, 0.2) is 5.65 Å². The van der Waals surface area contributed by atoms with Crippen molar-refractivity contribution in [3.63, 3.8) is 0 Å². The summed E-state index contributed by atoms with van der Waals surface area (Å²) in [6.45, 7) is 24.3. The van der Waals surface area contributed by atoms with E-state index < -0.39 is 21.7 Å². The van der Waals surface area contributed by atoms with Crippen molar-refractivity contribution < 1.29 is 19.0 Å². The smallest absolute Gasteiger partial charge is 0.410 e. The summed E-state index contributed by atoms with van der Waals surface area (Å²) in [4.78, 5) is 33.4. The Bertz CT molecular complexity index is 1830. The highest BCUT2D eigenvalue weighted by Crippen LogP contribution is 2.44. The molecule has 4 aromatic rings. The number of nitrogens with zero attached hydrogens (tertiary/aromatic N) is 7. The fourth-order valence-corrected chi connectivity index (χ4v) is 9.32. The Morgan fingerprint density at radius 2 is 1.57 bits per heavy atom. The van der Waals surface area contributed by atoms with E-state index in [0.717, 1.165) is 81.6 Å². The number of hydrogen-bond donors (Lipinski definition) is 0. The van der Waals surface area contributed by atoms with Crippen molar-refractivity contribution in [2.75, 3.05) is 31.6 Å². The molecule has 0 aliphatic carbocycles. The number of aromatic nitrogens is 5. The van der Waals surface area contributed by atoms with Gasteiger partial charge >= 0.3 is 6.09 Å². The predicted octanol–water partition coefficient (Wildman–Crippen LogP) is 9.30. The van der Waals surface area contributed by atoms with Crippen LogP contribution in [-0.2, 0) is 14.2 Å². The minimum Gasteiger partial charge on any atom is -0.444 e. The van der Waals surface area contributed by atoms with E-state index in [1.807, 2.05) is 54.8 Å². The van der Waals surface area contributed by atoms with E-state index in [-0.39, 0.29) is 24.1 Å². The average Bonchev–Trinajstić information content (AvgIpc) is 3.77. The number of thiazole rings is 1. The summed E-state index contributed by atoms with van der Waals surface area (Å²) in [6, 6.07) is 8.71. The summed E-state index contributed by atoms with van der Waals surface area (Å²) in [5, 5.41) is 5.85. The first-order valence-corrected chi connectivity index (χ1v) is 27.4. The second-order valence-electron chi connectivity index (χ2n) is 18.2. The van der Waals surface area contributed by atoms with E-state index in [4.69, 9.17) is 29.3 Å². The van der Waals surface area contributed by atoms with Crippen LogP contribution in [0.3, 0.4) is 0 Å². The number of aryl methyl sites for hydroxylation is 1. The Kier molecular flexibility index (Phi) is 11.8. The molecule has 6 heterocycles. The second kappa shape index (κ2) is 15.9. The van der Waals surface area contributed by atoms with Gasteiger partial charge in [-0.15, -0.1) is 11.3 Å². The van der Waals surface area contributed by atoms with Crippen molar-refractivity contribution in [2.45, 2.75) is 128 Å². The highest BCUT2D eigenvalue weighted by atomic mass is 32.1. The molecule has 2 bridgehead atoms. The zero-order chi connectivity index (χ0) is 38.1. The third-order valence-corrected chi connectivity index (χ3v) is 14.3. The van der Waals surface area contributed by atoms with E-state index in [0.29, 0.717) is 26.7 Å². The molecule has 1 amide bonds. The van der Waals surface area contributed by atoms with Crippen LogP contribution < -0.4 is 4.90 Å². The number of pyridine rings is 1. The van der Waals surface area contributed by atoms with Crippen molar-refractivity contribution in [3.8, 4) is 21.8 Å². The molecule has 0 spiro atoms. The van der Waals surface area contributed by atoms with Gasteiger partial charge in [-0.25, -0.2) is 14.8 Å². The molecule has 6 rings (SSSR count). The molecule has 3 atom stereocenters. The third kappa shape index (κ3) is 10.1. The zero-order valence-electron chi connectivity index (χ0n) is 33.4. The minimum absolute atomic E-state index is 0.122. The van der Waals surface area contributed by atoms with Gasteiger partial charge in [0.2, 0.25) is 0 Å². The fraction of sp³-hybridized carbons (Fsp3) is 0.615. The van der Waals surface area contributed by atoms with E-state index in [1.165, 1.54) is 0 Å². The molecule has 11 nitrogen and oxygen atoms in total. The summed E-state index contributed by atoms with van der Waals surface area (Å²) in [5.74, 6) is 1.07. The predicted molar refractivity (Wildman–Crippen MR) is 219 cm³/mol. The van der Waals surface area contributed by atoms with Crippen LogP contribution in [0.4, 0.5) is 10.6 Å². The van der Waals surface area contributed by atoms with Crippen LogP contribution in [0.2, 0.25) is 51.4 Å². The molecule has 2 saturated heterocycles. The van der Waals surface area contributed by atoms with Crippen LogP contribution in [0.1, 0.15) is 62.9 Å². The molecule has 0 saturated carbocycles. The lowest BCUT2D eigenvalue weighted by atomic mass is 9.88. The van der Waals surface area contributed by atoms with Crippen molar-refractivity contribution in [3.05, 3.63) is 47.4 Å². The minimum atomic E-state index is -1.27. The van der Waals surface area contributed by atoms with Gasteiger partial charge in [0, 0.05) is 87.5 Å². The number of amides is 1. The zero-order valence-corrected chi connectivity index (χ0v) is 36.3. The standard InChI is InChI=1S/C39H59N7O4SSi2/c1-27-22-41-37(51-27)33-14-11-28(23-40-33)32-24-42-46-35(44(25-48-15-17-52(5,6)7)26-49-16-18-53(8,9)10)21-34(43-36(32)46)29-19-30-12-13-31(20-29)45(30)38(47)50-39(2,3)4/h11,14,21-24,29-31H,12-13,15-20,25-26H2,1-10H3/t29-,30-,31+. The van der Waals surface area contributed by atoms with Gasteiger partial charge < -0.3 is 24.0 Å². The van der Waals surface area contributed by atoms with Gasteiger partial charge in [-0.2, -0.15) is 9.61 Å². The number of rotatable bonds is 14. The van der Waals surface area contributed by atoms with Gasteiger partial charge in [0.1, 0.15) is 29.9 Å². The summed E-state index contributed by atoms with van der Waals surface area (Å²) < 4.78 is 20.6. The van der Waals surface area contributed by atoms with E-state index in [2.05, 4.69) is 68.2 Å². The average molecular weight is 778 g/mol. The number of ether oxygens (including phenoxy) is 3. The number of carbonyl (C=O) groups excluding carboxylic acids is 1. The highest BCUT2D eigenvalue weighted by Gasteiger charge is 2.45. The molecular formula is C39H59N7O4SSi2. The fourth-order valence-electron chi connectivity index (χ4n) is 7.06.